The van der Waals surface area contributed by atoms with Crippen LogP contribution in [0, 0.1) is 18.3 Å². The highest BCUT2D eigenvalue weighted by molar-refractivity contribution is 6.16. The van der Waals surface area contributed by atoms with E-state index < -0.39 is 0 Å². The number of halogens is 1. The molecule has 0 aliphatic heterocycles. The number of rotatable bonds is 3. The molecule has 0 aliphatic rings. The van der Waals surface area contributed by atoms with Gasteiger partial charge in [0.2, 0.25) is 0 Å². The number of imidazole rings is 1. The molecule has 0 saturated heterocycles. The van der Waals surface area contributed by atoms with E-state index >= 15 is 0 Å². The first-order chi connectivity index (χ1) is 10.1. The van der Waals surface area contributed by atoms with Gasteiger partial charge in [0.15, 0.2) is 0 Å². The lowest BCUT2D eigenvalue weighted by atomic mass is 10.2. The fourth-order valence-corrected chi connectivity index (χ4v) is 2.70. The van der Waals surface area contributed by atoms with Crippen molar-refractivity contribution in [2.24, 2.45) is 7.05 Å². The van der Waals surface area contributed by atoms with Crippen molar-refractivity contribution in [3.8, 4) is 6.07 Å². The van der Waals surface area contributed by atoms with Crippen molar-refractivity contribution < 1.29 is 0 Å². The van der Waals surface area contributed by atoms with Crippen LogP contribution in [0.1, 0.15) is 22.6 Å². The van der Waals surface area contributed by atoms with E-state index in [1.54, 1.807) is 10.7 Å². The zero-order chi connectivity index (χ0) is 15.0. The minimum absolute atomic E-state index is 0.329. The molecule has 0 radical (unpaired) electrons. The number of hydrogen-bond donors (Lipinski definition) is 0. The minimum atomic E-state index is 0.329. The molecule has 3 aromatic rings. The number of alkyl halides is 1. The van der Waals surface area contributed by atoms with Gasteiger partial charge in [0, 0.05) is 18.8 Å². The minimum Gasteiger partial charge on any atom is -0.322 e. The van der Waals surface area contributed by atoms with Crippen molar-refractivity contribution in [1.82, 2.24) is 19.3 Å². The molecule has 0 aliphatic carbocycles. The molecule has 106 valence electrons. The number of aryl methyl sites for hydroxylation is 2. The third kappa shape index (κ3) is 2.39. The Bertz CT molecular complexity index is 853. The van der Waals surface area contributed by atoms with Crippen LogP contribution in [0.4, 0.5) is 0 Å². The summed E-state index contributed by atoms with van der Waals surface area (Å²) < 4.78 is 3.85. The van der Waals surface area contributed by atoms with Gasteiger partial charge in [-0.05, 0) is 25.1 Å². The van der Waals surface area contributed by atoms with E-state index in [1.165, 1.54) is 0 Å². The second-order valence-electron chi connectivity index (χ2n) is 4.98. The van der Waals surface area contributed by atoms with Crippen molar-refractivity contribution in [2.75, 3.05) is 0 Å². The van der Waals surface area contributed by atoms with Gasteiger partial charge in [-0.1, -0.05) is 0 Å². The maximum atomic E-state index is 9.07. The fourth-order valence-electron chi connectivity index (χ4n) is 2.49. The summed E-state index contributed by atoms with van der Waals surface area (Å²) >= 11 is 6.02. The number of benzene rings is 1. The molecule has 3 rings (SSSR count). The normalized spacial score (nSPS) is 11.0. The molecule has 0 spiro atoms. The Kier molecular flexibility index (Phi) is 3.40. The van der Waals surface area contributed by atoms with Gasteiger partial charge < -0.3 is 4.57 Å². The monoisotopic (exact) mass is 299 g/mol. The quantitative estimate of drug-likeness (QED) is 0.699. The average Bonchev–Trinajstić information content (AvgIpc) is 2.99. The van der Waals surface area contributed by atoms with E-state index in [2.05, 4.69) is 16.2 Å². The molecular weight excluding hydrogens is 286 g/mol. The number of nitrogens with zero attached hydrogens (tertiary/aromatic N) is 5. The molecule has 0 atom stereocenters. The van der Waals surface area contributed by atoms with Gasteiger partial charge >= 0.3 is 0 Å². The molecule has 2 heterocycles. The molecule has 5 nitrogen and oxygen atoms in total. The van der Waals surface area contributed by atoms with Crippen LogP contribution in [-0.2, 0) is 19.5 Å². The van der Waals surface area contributed by atoms with Gasteiger partial charge in [-0.3, -0.25) is 4.68 Å². The molecule has 0 N–H and O–H groups in total. The number of hydrogen-bond acceptors (Lipinski definition) is 3. The van der Waals surface area contributed by atoms with Crippen LogP contribution in [0.15, 0.2) is 24.4 Å². The van der Waals surface area contributed by atoms with Crippen LogP contribution in [0.3, 0.4) is 0 Å². The third-order valence-corrected chi connectivity index (χ3v) is 3.76. The topological polar surface area (TPSA) is 59.4 Å². The van der Waals surface area contributed by atoms with Crippen LogP contribution in [-0.4, -0.2) is 19.3 Å². The first kappa shape index (κ1) is 13.7. The number of nitriles is 1. The zero-order valence-electron chi connectivity index (χ0n) is 11.8. The highest BCUT2D eigenvalue weighted by Gasteiger charge is 2.13. The SMILES string of the molecule is Cc1nn(C)cc1Cn1c(CCl)nc2ccc(C#N)cc21. The predicted molar refractivity (Wildman–Crippen MR) is 81.1 cm³/mol. The summed E-state index contributed by atoms with van der Waals surface area (Å²) in [5.41, 5.74) is 4.49. The standard InChI is InChI=1S/C15H14ClN5/c1-10-12(8-20(2)19-10)9-21-14-5-11(7-17)3-4-13(14)18-15(21)6-16/h3-5,8H,6,9H2,1-2H3. The van der Waals surface area contributed by atoms with E-state index in [-0.39, 0.29) is 0 Å². The highest BCUT2D eigenvalue weighted by Crippen LogP contribution is 2.21. The molecule has 21 heavy (non-hydrogen) atoms. The predicted octanol–water partition coefficient (Wildman–Crippen LogP) is 2.74. The zero-order valence-corrected chi connectivity index (χ0v) is 12.6. The Labute approximate surface area is 127 Å². The van der Waals surface area contributed by atoms with E-state index in [4.69, 9.17) is 16.9 Å². The maximum Gasteiger partial charge on any atom is 0.125 e. The van der Waals surface area contributed by atoms with Crippen LogP contribution in [0.2, 0.25) is 0 Å². The molecule has 0 unspecified atom stereocenters. The molecular formula is C15H14ClN5. The fraction of sp³-hybridized carbons (Fsp3) is 0.267. The van der Waals surface area contributed by atoms with Crippen LogP contribution in [0.25, 0.3) is 11.0 Å². The number of fused-ring (bicyclic) bond motifs is 1. The molecule has 0 fully saturated rings. The van der Waals surface area contributed by atoms with Crippen molar-refractivity contribution in [2.45, 2.75) is 19.3 Å². The molecule has 2 aromatic heterocycles. The number of aromatic nitrogens is 4. The first-order valence-electron chi connectivity index (χ1n) is 6.56. The van der Waals surface area contributed by atoms with Crippen LogP contribution < -0.4 is 0 Å². The van der Waals surface area contributed by atoms with Gasteiger partial charge in [0.25, 0.3) is 0 Å². The molecule has 6 heteroatoms. The Balaban J connectivity index is 2.15. The molecule has 0 amide bonds. The van der Waals surface area contributed by atoms with E-state index in [0.29, 0.717) is 18.0 Å². The van der Waals surface area contributed by atoms with Crippen molar-refractivity contribution in [3.05, 3.63) is 47.0 Å². The van der Waals surface area contributed by atoms with Crippen LogP contribution >= 0.6 is 11.6 Å². The van der Waals surface area contributed by atoms with Gasteiger partial charge in [0.1, 0.15) is 5.82 Å². The summed E-state index contributed by atoms with van der Waals surface area (Å²) in [6.45, 7) is 2.63. The van der Waals surface area contributed by atoms with Gasteiger partial charge in [-0.2, -0.15) is 10.4 Å². The van der Waals surface area contributed by atoms with Crippen LogP contribution in [0.5, 0.6) is 0 Å². The van der Waals surface area contributed by atoms with E-state index in [1.807, 2.05) is 36.9 Å². The second-order valence-corrected chi connectivity index (χ2v) is 5.24. The summed E-state index contributed by atoms with van der Waals surface area (Å²) in [7, 11) is 1.90. The smallest absolute Gasteiger partial charge is 0.125 e. The lowest BCUT2D eigenvalue weighted by Gasteiger charge is -2.07. The van der Waals surface area contributed by atoms with Crippen molar-refractivity contribution >= 4 is 22.6 Å². The summed E-state index contributed by atoms with van der Waals surface area (Å²) in [5.74, 6) is 1.13. The van der Waals surface area contributed by atoms with E-state index in [9.17, 15) is 0 Å². The second kappa shape index (κ2) is 5.23. The Morgan fingerprint density at radius 1 is 1.38 bits per heavy atom. The lowest BCUT2D eigenvalue weighted by molar-refractivity contribution is 0.754. The molecule has 1 aromatic carbocycles. The Hall–Kier alpha value is -2.32. The Morgan fingerprint density at radius 2 is 2.19 bits per heavy atom. The average molecular weight is 300 g/mol. The maximum absolute atomic E-state index is 9.07. The third-order valence-electron chi connectivity index (χ3n) is 3.52. The summed E-state index contributed by atoms with van der Waals surface area (Å²) in [6, 6.07) is 7.64. The van der Waals surface area contributed by atoms with Gasteiger partial charge in [-0.25, -0.2) is 4.98 Å². The first-order valence-corrected chi connectivity index (χ1v) is 7.10. The van der Waals surface area contributed by atoms with Gasteiger partial charge in [-0.15, -0.1) is 11.6 Å². The summed E-state index contributed by atoms with van der Waals surface area (Å²) in [6.07, 6.45) is 1.99. The highest BCUT2D eigenvalue weighted by atomic mass is 35.5. The molecule has 0 bridgehead atoms. The summed E-state index contributed by atoms with van der Waals surface area (Å²) in [4.78, 5) is 4.53. The van der Waals surface area contributed by atoms with Crippen molar-refractivity contribution in [1.29, 1.82) is 5.26 Å². The largest absolute Gasteiger partial charge is 0.322 e. The van der Waals surface area contributed by atoms with Gasteiger partial charge in [0.05, 0.1) is 40.8 Å². The lowest BCUT2D eigenvalue weighted by Crippen LogP contribution is -2.04. The van der Waals surface area contributed by atoms with Crippen molar-refractivity contribution in [3.63, 3.8) is 0 Å². The Morgan fingerprint density at radius 3 is 2.81 bits per heavy atom. The van der Waals surface area contributed by atoms with E-state index in [0.717, 1.165) is 28.1 Å². The molecule has 0 saturated carbocycles. The summed E-state index contributed by atoms with van der Waals surface area (Å²) in [5, 5.41) is 13.4.